The van der Waals surface area contributed by atoms with Gasteiger partial charge in [-0.2, -0.15) is 0 Å². The maximum atomic E-state index is 10.9. The molecule has 1 fully saturated rings. The number of carbonyl (C=O) groups is 1. The Hall–Kier alpha value is -3.57. The predicted molar refractivity (Wildman–Crippen MR) is 147 cm³/mol. The van der Waals surface area contributed by atoms with Crippen LogP contribution in [0.4, 0.5) is 0 Å². The van der Waals surface area contributed by atoms with Gasteiger partial charge in [-0.1, -0.05) is 30.3 Å². The molecule has 0 N–H and O–H groups in total. The number of carbonyl (C=O) groups excluding carboxylic acids is 1. The molecule has 0 aliphatic carbocycles. The van der Waals surface area contributed by atoms with Gasteiger partial charge in [0.05, 0.1) is 0 Å². The zero-order valence-electron chi connectivity index (χ0n) is 22.2. The Morgan fingerprint density at radius 2 is 1.73 bits per heavy atom. The van der Waals surface area contributed by atoms with Crippen LogP contribution in [0.5, 0.6) is 11.5 Å². The maximum Gasteiger partial charge on any atom is 0.150 e. The Balaban J connectivity index is 1.37. The van der Waals surface area contributed by atoms with E-state index in [1.54, 1.807) is 12.1 Å². The summed E-state index contributed by atoms with van der Waals surface area (Å²) in [6, 6.07) is 17.6. The molecule has 0 bridgehead atoms. The normalized spacial score (nSPS) is 16.2. The van der Waals surface area contributed by atoms with Gasteiger partial charge in [-0.25, -0.2) is 0 Å². The van der Waals surface area contributed by atoms with Crippen molar-refractivity contribution in [3.8, 4) is 11.5 Å². The topological polar surface area (TPSA) is 51.9 Å². The number of nitrogens with zero attached hydrogens (tertiary/aromatic N) is 1. The summed E-state index contributed by atoms with van der Waals surface area (Å²) in [6.45, 7) is 11.7. The van der Waals surface area contributed by atoms with Crippen LogP contribution in [0.15, 0.2) is 59.0 Å². The zero-order chi connectivity index (χ0) is 25.9. The van der Waals surface area contributed by atoms with Crippen molar-refractivity contribution in [2.24, 2.45) is 0 Å². The van der Waals surface area contributed by atoms with Gasteiger partial charge >= 0.3 is 0 Å². The molecule has 1 aromatic heterocycles. The van der Waals surface area contributed by atoms with E-state index in [0.717, 1.165) is 83.9 Å². The van der Waals surface area contributed by atoms with E-state index in [1.165, 1.54) is 10.9 Å². The molecule has 1 aliphatic rings. The first kappa shape index (κ1) is 25.1. The summed E-state index contributed by atoms with van der Waals surface area (Å²) in [5, 5.41) is 1.18. The number of benzene rings is 3. The summed E-state index contributed by atoms with van der Waals surface area (Å²) in [5.74, 6) is 2.73. The lowest BCUT2D eigenvalue weighted by Crippen LogP contribution is -2.40. The summed E-state index contributed by atoms with van der Waals surface area (Å²) in [7, 11) is 0. The summed E-state index contributed by atoms with van der Waals surface area (Å²) in [4.78, 5) is 13.4. The molecule has 5 nitrogen and oxygen atoms in total. The fourth-order valence-corrected chi connectivity index (χ4v) is 5.41. The highest BCUT2D eigenvalue weighted by atomic mass is 16.5. The van der Waals surface area contributed by atoms with Crippen LogP contribution in [-0.4, -0.2) is 30.4 Å². The van der Waals surface area contributed by atoms with Gasteiger partial charge in [0.2, 0.25) is 0 Å². The number of aryl methyl sites for hydroxylation is 3. The van der Waals surface area contributed by atoms with Crippen LogP contribution in [0.3, 0.4) is 0 Å². The summed E-state index contributed by atoms with van der Waals surface area (Å²) >= 11 is 0. The first-order chi connectivity index (χ1) is 17.9. The Kier molecular flexibility index (Phi) is 7.33. The van der Waals surface area contributed by atoms with Crippen molar-refractivity contribution < 1.29 is 18.7 Å². The highest BCUT2D eigenvalue weighted by molar-refractivity contribution is 5.91. The third-order valence-electron chi connectivity index (χ3n) is 7.56. The average Bonchev–Trinajstić information content (AvgIpc) is 3.24. The lowest BCUT2D eigenvalue weighted by atomic mass is 9.97. The molecule has 4 aromatic rings. The van der Waals surface area contributed by atoms with E-state index in [2.05, 4.69) is 44.7 Å². The lowest BCUT2D eigenvalue weighted by molar-refractivity contribution is 0.0842. The lowest BCUT2D eigenvalue weighted by Gasteiger charge is -2.33. The van der Waals surface area contributed by atoms with Crippen molar-refractivity contribution in [2.45, 2.75) is 59.8 Å². The summed E-state index contributed by atoms with van der Waals surface area (Å²) in [5.41, 5.74) is 7.42. The van der Waals surface area contributed by atoms with Crippen molar-refractivity contribution in [1.29, 1.82) is 0 Å². The number of rotatable bonds is 8. The summed E-state index contributed by atoms with van der Waals surface area (Å²) < 4.78 is 19.0. The van der Waals surface area contributed by atoms with Crippen LogP contribution < -0.4 is 9.47 Å². The molecule has 1 saturated heterocycles. The van der Waals surface area contributed by atoms with E-state index >= 15 is 0 Å². The molecular weight excluding hydrogens is 462 g/mol. The third kappa shape index (κ3) is 5.28. The van der Waals surface area contributed by atoms with Crippen molar-refractivity contribution >= 4 is 17.3 Å². The number of hydrogen-bond donors (Lipinski definition) is 0. The Bertz CT molecular complexity index is 1390. The number of likely N-dealkylation sites (tertiary alicyclic amines) is 1. The van der Waals surface area contributed by atoms with Gasteiger partial charge < -0.3 is 13.9 Å². The Morgan fingerprint density at radius 3 is 2.46 bits per heavy atom. The second kappa shape index (κ2) is 10.8. The molecule has 37 heavy (non-hydrogen) atoms. The van der Waals surface area contributed by atoms with Gasteiger partial charge in [0.1, 0.15) is 41.8 Å². The fourth-order valence-electron chi connectivity index (χ4n) is 5.41. The summed E-state index contributed by atoms with van der Waals surface area (Å²) in [6.07, 6.45) is 3.07. The monoisotopic (exact) mass is 497 g/mol. The van der Waals surface area contributed by atoms with Crippen LogP contribution in [0.25, 0.3) is 11.0 Å². The molecule has 0 amide bonds. The van der Waals surface area contributed by atoms with Gasteiger partial charge in [-0.3, -0.25) is 9.69 Å². The van der Waals surface area contributed by atoms with Gasteiger partial charge in [0.25, 0.3) is 0 Å². The molecule has 5 heteroatoms. The van der Waals surface area contributed by atoms with Crippen molar-refractivity contribution in [2.75, 3.05) is 13.1 Å². The quantitative estimate of drug-likeness (QED) is 0.243. The van der Waals surface area contributed by atoms with E-state index < -0.39 is 0 Å². The van der Waals surface area contributed by atoms with Crippen LogP contribution in [0.2, 0.25) is 0 Å². The van der Waals surface area contributed by atoms with Crippen molar-refractivity contribution in [3.63, 3.8) is 0 Å². The standard InChI is InChI=1S/C32H35NO4/c1-21-22(2)32-30(23(3)31(21)35-20-26-9-6-5-7-10-26)29(24(4)36-32)18-33-16-8-11-28(17-33)37-27-14-12-25(19-34)13-15-27/h5-7,9-10,12-15,19,28H,8,11,16-18,20H2,1-4H3/t28-/m1/s1. The van der Waals surface area contributed by atoms with Crippen LogP contribution in [-0.2, 0) is 13.2 Å². The molecule has 1 aliphatic heterocycles. The molecule has 0 spiro atoms. The number of furan rings is 1. The third-order valence-corrected chi connectivity index (χ3v) is 7.56. The highest BCUT2D eigenvalue weighted by Gasteiger charge is 2.26. The fraction of sp³-hybridized carbons (Fsp3) is 0.344. The SMILES string of the molecule is Cc1oc2c(C)c(C)c(OCc3ccccc3)c(C)c2c1CN1CCC[C@@H](Oc2ccc(C=O)cc2)C1. The van der Waals surface area contributed by atoms with Crippen molar-refractivity contribution in [3.05, 3.63) is 93.7 Å². The first-order valence-corrected chi connectivity index (χ1v) is 13.1. The molecule has 192 valence electrons. The minimum absolute atomic E-state index is 0.115. The molecular formula is C32H35NO4. The van der Waals surface area contributed by atoms with E-state index in [-0.39, 0.29) is 6.10 Å². The average molecular weight is 498 g/mol. The van der Waals surface area contributed by atoms with Gasteiger partial charge in [0, 0.05) is 35.2 Å². The van der Waals surface area contributed by atoms with E-state index in [1.807, 2.05) is 30.3 Å². The number of piperidine rings is 1. The van der Waals surface area contributed by atoms with Crippen molar-refractivity contribution in [1.82, 2.24) is 4.90 Å². The smallest absolute Gasteiger partial charge is 0.150 e. The van der Waals surface area contributed by atoms with Crippen LogP contribution in [0.1, 0.15) is 56.8 Å². The number of aldehydes is 1. The molecule has 0 radical (unpaired) electrons. The number of ether oxygens (including phenoxy) is 2. The molecule has 5 rings (SSSR count). The number of fused-ring (bicyclic) bond motifs is 1. The maximum absolute atomic E-state index is 10.9. The molecule has 1 atom stereocenters. The molecule has 0 unspecified atom stereocenters. The zero-order valence-corrected chi connectivity index (χ0v) is 22.2. The van der Waals surface area contributed by atoms with Crippen LogP contribution >= 0.6 is 0 Å². The Labute approximate surface area is 219 Å². The van der Waals surface area contributed by atoms with E-state index in [4.69, 9.17) is 13.9 Å². The van der Waals surface area contributed by atoms with E-state index in [0.29, 0.717) is 12.2 Å². The predicted octanol–water partition coefficient (Wildman–Crippen LogP) is 7.10. The molecule has 3 aromatic carbocycles. The minimum atomic E-state index is 0.115. The largest absolute Gasteiger partial charge is 0.489 e. The number of hydrogen-bond acceptors (Lipinski definition) is 5. The highest BCUT2D eigenvalue weighted by Crippen LogP contribution is 2.40. The van der Waals surface area contributed by atoms with Gasteiger partial charge in [-0.05, 0) is 88.0 Å². The Morgan fingerprint density at radius 1 is 0.973 bits per heavy atom. The van der Waals surface area contributed by atoms with Gasteiger partial charge in [-0.15, -0.1) is 0 Å². The van der Waals surface area contributed by atoms with E-state index in [9.17, 15) is 4.79 Å². The molecule has 2 heterocycles. The van der Waals surface area contributed by atoms with Crippen LogP contribution in [0, 0.1) is 27.7 Å². The second-order valence-corrected chi connectivity index (χ2v) is 10.1. The first-order valence-electron chi connectivity index (χ1n) is 13.1. The second-order valence-electron chi connectivity index (χ2n) is 10.1. The van der Waals surface area contributed by atoms with Gasteiger partial charge in [0.15, 0.2) is 0 Å². The molecule has 0 saturated carbocycles. The minimum Gasteiger partial charge on any atom is -0.489 e.